The first-order valence-electron chi connectivity index (χ1n) is 6.11. The third kappa shape index (κ3) is 3.98. The van der Waals surface area contributed by atoms with E-state index in [1.165, 1.54) is 11.8 Å². The normalized spacial score (nSPS) is 10.7. The second-order valence-corrected chi connectivity index (χ2v) is 5.59. The highest BCUT2D eigenvalue weighted by atomic mass is 35.5. The zero-order valence-corrected chi connectivity index (χ0v) is 13.0. The molecule has 106 valence electrons. The maximum absolute atomic E-state index is 6.13. The summed E-state index contributed by atoms with van der Waals surface area (Å²) in [5.74, 6) is 0.463. The van der Waals surface area contributed by atoms with Crippen molar-refractivity contribution in [1.82, 2.24) is 15.0 Å². The van der Waals surface area contributed by atoms with Crippen molar-refractivity contribution in [3.05, 3.63) is 29.3 Å². The Morgan fingerprint density at radius 1 is 1.20 bits per heavy atom. The summed E-state index contributed by atoms with van der Waals surface area (Å²) < 4.78 is 5.52. The predicted octanol–water partition coefficient (Wildman–Crippen LogP) is 3.51. The molecule has 0 spiro atoms. The highest BCUT2D eigenvalue weighted by Gasteiger charge is 2.11. The van der Waals surface area contributed by atoms with Gasteiger partial charge in [0.1, 0.15) is 0 Å². The van der Waals surface area contributed by atoms with Gasteiger partial charge < -0.3 is 10.1 Å². The molecule has 0 atom stereocenters. The van der Waals surface area contributed by atoms with Crippen LogP contribution < -0.4 is 10.1 Å². The number of hydrogen-bond donors (Lipinski definition) is 1. The molecule has 1 aromatic heterocycles. The number of ether oxygens (including phenoxy) is 1. The van der Waals surface area contributed by atoms with Gasteiger partial charge in [-0.1, -0.05) is 23.7 Å². The largest absolute Gasteiger partial charge is 0.461 e. The molecular weight excluding hydrogens is 296 g/mol. The molecule has 1 aromatic carbocycles. The topological polar surface area (TPSA) is 59.9 Å². The van der Waals surface area contributed by atoms with Crippen LogP contribution in [0.3, 0.4) is 0 Å². The second kappa shape index (κ2) is 6.76. The highest BCUT2D eigenvalue weighted by Crippen LogP contribution is 2.31. The maximum atomic E-state index is 6.13. The number of rotatable bonds is 5. The summed E-state index contributed by atoms with van der Waals surface area (Å²) in [6.07, 6.45) is 0.000249. The average molecular weight is 311 g/mol. The molecule has 0 fully saturated rings. The molecule has 0 aliphatic carbocycles. The average Bonchev–Trinajstić information content (AvgIpc) is 2.40. The van der Waals surface area contributed by atoms with Crippen molar-refractivity contribution in [3.63, 3.8) is 0 Å². The second-order valence-electron chi connectivity index (χ2n) is 4.17. The maximum Gasteiger partial charge on any atom is 0.322 e. The minimum absolute atomic E-state index is 0.000249. The monoisotopic (exact) mass is 310 g/mol. The Morgan fingerprint density at radius 3 is 2.60 bits per heavy atom. The van der Waals surface area contributed by atoms with E-state index in [4.69, 9.17) is 16.3 Å². The number of nitrogens with zero attached hydrogens (tertiary/aromatic N) is 3. The number of aromatic nitrogens is 3. The molecule has 0 radical (unpaired) electrons. The summed E-state index contributed by atoms with van der Waals surface area (Å²) >= 11 is 7.50. The number of benzene rings is 1. The van der Waals surface area contributed by atoms with Crippen LogP contribution in [0.2, 0.25) is 5.02 Å². The van der Waals surface area contributed by atoms with Crippen molar-refractivity contribution in [1.29, 1.82) is 0 Å². The first-order valence-corrected chi connectivity index (χ1v) is 7.31. The Kier molecular flexibility index (Phi) is 5.03. The van der Waals surface area contributed by atoms with Gasteiger partial charge in [0.05, 0.1) is 11.1 Å². The van der Waals surface area contributed by atoms with Crippen molar-refractivity contribution < 1.29 is 4.74 Å². The Labute approximate surface area is 127 Å². The van der Waals surface area contributed by atoms with Crippen LogP contribution in [0.1, 0.15) is 13.8 Å². The smallest absolute Gasteiger partial charge is 0.322 e. The van der Waals surface area contributed by atoms with Crippen LogP contribution in [0.15, 0.2) is 34.3 Å². The molecule has 1 N–H and O–H groups in total. The summed E-state index contributed by atoms with van der Waals surface area (Å²) in [6, 6.07) is 7.84. The minimum Gasteiger partial charge on any atom is -0.461 e. The SMILES string of the molecule is CNc1nc(OC(C)C)nc(Sc2ccccc2Cl)n1. The van der Waals surface area contributed by atoms with Gasteiger partial charge in [-0.3, -0.25) is 0 Å². The van der Waals surface area contributed by atoms with Crippen LogP contribution in [0.5, 0.6) is 6.01 Å². The number of halogens is 1. The predicted molar refractivity (Wildman–Crippen MR) is 80.7 cm³/mol. The summed E-state index contributed by atoms with van der Waals surface area (Å²) in [5.41, 5.74) is 0. The third-order valence-electron chi connectivity index (χ3n) is 2.20. The fourth-order valence-corrected chi connectivity index (χ4v) is 2.40. The number of anilines is 1. The van der Waals surface area contributed by atoms with Crippen molar-refractivity contribution in [2.24, 2.45) is 0 Å². The standard InChI is InChI=1S/C13H15ClN4OS/c1-8(2)19-12-16-11(15-3)17-13(18-12)20-10-7-5-4-6-9(10)14/h4-8H,1-3H3,(H,15,16,17,18). The van der Waals surface area contributed by atoms with E-state index < -0.39 is 0 Å². The zero-order valence-electron chi connectivity index (χ0n) is 11.4. The van der Waals surface area contributed by atoms with Gasteiger partial charge in [0.2, 0.25) is 11.1 Å². The Bertz CT molecular complexity index is 594. The van der Waals surface area contributed by atoms with E-state index in [0.29, 0.717) is 22.1 Å². The van der Waals surface area contributed by atoms with Crippen molar-refractivity contribution >= 4 is 29.3 Å². The van der Waals surface area contributed by atoms with E-state index in [1.807, 2.05) is 38.1 Å². The van der Waals surface area contributed by atoms with E-state index in [-0.39, 0.29) is 6.10 Å². The molecule has 0 bridgehead atoms. The molecule has 2 rings (SSSR count). The van der Waals surface area contributed by atoms with Gasteiger partial charge in [0, 0.05) is 11.9 Å². The van der Waals surface area contributed by atoms with E-state index >= 15 is 0 Å². The lowest BCUT2D eigenvalue weighted by Crippen LogP contribution is -2.10. The van der Waals surface area contributed by atoms with Gasteiger partial charge in [-0.25, -0.2) is 0 Å². The van der Waals surface area contributed by atoms with E-state index in [1.54, 1.807) is 7.05 Å². The molecule has 0 aliphatic rings. The van der Waals surface area contributed by atoms with Crippen LogP contribution in [-0.2, 0) is 0 Å². The van der Waals surface area contributed by atoms with E-state index in [0.717, 1.165) is 4.90 Å². The molecule has 0 aliphatic heterocycles. The summed E-state index contributed by atoms with van der Waals surface area (Å²) in [5, 5.41) is 4.09. The molecule has 0 unspecified atom stereocenters. The van der Waals surface area contributed by atoms with Gasteiger partial charge in [-0.15, -0.1) is 0 Å². The molecule has 0 saturated heterocycles. The molecular formula is C13H15ClN4OS. The van der Waals surface area contributed by atoms with Crippen LogP contribution >= 0.6 is 23.4 Å². The van der Waals surface area contributed by atoms with Crippen LogP contribution in [-0.4, -0.2) is 28.1 Å². The Morgan fingerprint density at radius 2 is 1.95 bits per heavy atom. The van der Waals surface area contributed by atoms with E-state index in [2.05, 4.69) is 20.3 Å². The summed E-state index contributed by atoms with van der Waals surface area (Å²) in [7, 11) is 1.75. The summed E-state index contributed by atoms with van der Waals surface area (Å²) in [6.45, 7) is 3.84. The molecule has 0 saturated carbocycles. The van der Waals surface area contributed by atoms with Gasteiger partial charge in [0.15, 0.2) is 0 Å². The van der Waals surface area contributed by atoms with Gasteiger partial charge >= 0.3 is 6.01 Å². The van der Waals surface area contributed by atoms with Crippen molar-refractivity contribution in [2.75, 3.05) is 12.4 Å². The number of nitrogens with one attached hydrogen (secondary N) is 1. The fraction of sp³-hybridized carbons (Fsp3) is 0.308. The molecule has 20 heavy (non-hydrogen) atoms. The van der Waals surface area contributed by atoms with Gasteiger partial charge in [0.25, 0.3) is 0 Å². The lowest BCUT2D eigenvalue weighted by molar-refractivity contribution is 0.219. The van der Waals surface area contributed by atoms with Gasteiger partial charge in [-0.05, 0) is 37.7 Å². The first-order chi connectivity index (χ1) is 9.58. The highest BCUT2D eigenvalue weighted by molar-refractivity contribution is 7.99. The van der Waals surface area contributed by atoms with Crippen molar-refractivity contribution in [2.45, 2.75) is 30.0 Å². The molecule has 5 nitrogen and oxygen atoms in total. The van der Waals surface area contributed by atoms with Crippen LogP contribution in [0, 0.1) is 0 Å². The van der Waals surface area contributed by atoms with Crippen molar-refractivity contribution in [3.8, 4) is 6.01 Å². The van der Waals surface area contributed by atoms with Gasteiger partial charge in [-0.2, -0.15) is 15.0 Å². The molecule has 0 amide bonds. The third-order valence-corrected chi connectivity index (χ3v) is 3.58. The zero-order chi connectivity index (χ0) is 14.5. The lowest BCUT2D eigenvalue weighted by Gasteiger charge is -2.10. The molecule has 1 heterocycles. The molecule has 2 aromatic rings. The molecule has 7 heteroatoms. The first kappa shape index (κ1) is 14.9. The quantitative estimate of drug-likeness (QED) is 0.912. The Balaban J connectivity index is 2.29. The van der Waals surface area contributed by atoms with Crippen LogP contribution in [0.25, 0.3) is 0 Å². The lowest BCUT2D eigenvalue weighted by atomic mass is 10.4. The van der Waals surface area contributed by atoms with E-state index in [9.17, 15) is 0 Å². The number of hydrogen-bond acceptors (Lipinski definition) is 6. The minimum atomic E-state index is 0.000249. The Hall–Kier alpha value is -1.53. The van der Waals surface area contributed by atoms with Crippen LogP contribution in [0.4, 0.5) is 5.95 Å². The fourth-order valence-electron chi connectivity index (χ4n) is 1.38. The summed E-state index contributed by atoms with van der Waals surface area (Å²) in [4.78, 5) is 13.6.